The molecule has 14 heteroatoms. The molecule has 208 valence electrons. The van der Waals surface area contributed by atoms with Gasteiger partial charge in [0.25, 0.3) is 10.0 Å². The second kappa shape index (κ2) is 12.0. The summed E-state index contributed by atoms with van der Waals surface area (Å²) in [5.41, 5.74) is 1.52. The van der Waals surface area contributed by atoms with E-state index in [-0.39, 0.29) is 16.1 Å². The van der Waals surface area contributed by atoms with Gasteiger partial charge in [0.2, 0.25) is 0 Å². The van der Waals surface area contributed by atoms with Crippen LogP contribution in [0.3, 0.4) is 0 Å². The molecule has 2 aromatic carbocycles. The van der Waals surface area contributed by atoms with Gasteiger partial charge >= 0.3 is 18.1 Å². The quantitative estimate of drug-likeness (QED) is 0.406. The Kier molecular flexibility index (Phi) is 9.01. The summed E-state index contributed by atoms with van der Waals surface area (Å²) in [4.78, 5) is 29.2. The molecule has 0 amide bonds. The van der Waals surface area contributed by atoms with Gasteiger partial charge in [0, 0.05) is 32.4 Å². The maximum Gasteiger partial charge on any atom is 0.490 e. The summed E-state index contributed by atoms with van der Waals surface area (Å²) in [5.74, 6) is -2.98. The molecule has 1 aromatic heterocycles. The number of piperazine rings is 1. The Labute approximate surface area is 222 Å². The molecule has 39 heavy (non-hydrogen) atoms. The van der Waals surface area contributed by atoms with Gasteiger partial charge in [0.15, 0.2) is 0 Å². The Morgan fingerprint density at radius 2 is 1.51 bits per heavy atom. The molecule has 3 N–H and O–H groups in total. The molecule has 3 aromatic rings. The van der Waals surface area contributed by atoms with E-state index in [1.54, 1.807) is 37.4 Å². The largest absolute Gasteiger partial charge is 0.490 e. The number of aromatic carboxylic acids is 1. The van der Waals surface area contributed by atoms with Crippen LogP contribution in [0, 0.1) is 6.92 Å². The van der Waals surface area contributed by atoms with Gasteiger partial charge in [-0.05, 0) is 48.9 Å². The fraction of sp³-hybridized carbons (Fsp3) is 0.240. The molecule has 0 saturated carbocycles. The first-order valence-electron chi connectivity index (χ1n) is 11.5. The van der Waals surface area contributed by atoms with E-state index in [0.717, 1.165) is 5.82 Å². The van der Waals surface area contributed by atoms with Crippen molar-refractivity contribution in [1.29, 1.82) is 0 Å². The summed E-state index contributed by atoms with van der Waals surface area (Å²) in [7, 11) is -3.89. The first kappa shape index (κ1) is 29.2. The zero-order valence-corrected chi connectivity index (χ0v) is 21.4. The molecule has 10 nitrogen and oxygen atoms in total. The van der Waals surface area contributed by atoms with Crippen molar-refractivity contribution in [2.45, 2.75) is 18.0 Å². The fourth-order valence-corrected chi connectivity index (χ4v) is 5.11. The Bertz CT molecular complexity index is 1430. The van der Waals surface area contributed by atoms with Gasteiger partial charge in [-0.25, -0.2) is 23.0 Å². The number of aryl methyl sites for hydroxylation is 1. The number of aromatic nitrogens is 1. The van der Waals surface area contributed by atoms with Crippen molar-refractivity contribution in [2.75, 3.05) is 40.7 Å². The minimum absolute atomic E-state index is 0.0170. The van der Waals surface area contributed by atoms with E-state index in [0.29, 0.717) is 37.4 Å². The Morgan fingerprint density at radius 1 is 0.923 bits per heavy atom. The highest BCUT2D eigenvalue weighted by molar-refractivity contribution is 7.92. The van der Waals surface area contributed by atoms with E-state index in [1.807, 2.05) is 18.2 Å². The number of carboxylic acids is 2. The number of halogens is 3. The number of benzene rings is 2. The molecule has 0 aliphatic carbocycles. The predicted molar refractivity (Wildman–Crippen MR) is 138 cm³/mol. The number of nitrogens with one attached hydrogen (secondary N) is 1. The molecule has 0 radical (unpaired) electrons. The van der Waals surface area contributed by atoms with E-state index in [9.17, 15) is 31.5 Å². The zero-order chi connectivity index (χ0) is 28.8. The number of pyridine rings is 1. The minimum Gasteiger partial charge on any atom is -0.478 e. The van der Waals surface area contributed by atoms with Crippen LogP contribution in [0.25, 0.3) is 0 Å². The van der Waals surface area contributed by atoms with Crippen LogP contribution in [-0.4, -0.2) is 67.9 Å². The number of aliphatic carboxylic acids is 1. The van der Waals surface area contributed by atoms with Gasteiger partial charge in [-0.3, -0.25) is 4.72 Å². The van der Waals surface area contributed by atoms with Crippen molar-refractivity contribution in [2.24, 2.45) is 0 Å². The van der Waals surface area contributed by atoms with Crippen LogP contribution in [0.15, 0.2) is 71.8 Å². The number of sulfonamides is 1. The third kappa shape index (κ3) is 7.60. The Hall–Kier alpha value is -4.33. The summed E-state index contributed by atoms with van der Waals surface area (Å²) < 4.78 is 60.5. The molecule has 2 heterocycles. The molecule has 0 unspecified atom stereocenters. The van der Waals surface area contributed by atoms with Gasteiger partial charge in [0.1, 0.15) is 5.82 Å². The first-order valence-corrected chi connectivity index (χ1v) is 12.9. The van der Waals surface area contributed by atoms with E-state index < -0.39 is 28.1 Å². The second-order valence-corrected chi connectivity index (χ2v) is 10.0. The number of carboxylic acid groups (broad SMARTS) is 2. The Balaban J connectivity index is 0.000000532. The highest BCUT2D eigenvalue weighted by atomic mass is 32.2. The summed E-state index contributed by atoms with van der Waals surface area (Å²) in [6.45, 7) is 4.42. The molecule has 0 atom stereocenters. The monoisotopic (exact) mass is 566 g/mol. The lowest BCUT2D eigenvalue weighted by Gasteiger charge is -2.37. The predicted octanol–water partition coefficient (Wildman–Crippen LogP) is 3.85. The zero-order valence-electron chi connectivity index (χ0n) is 20.6. The van der Waals surface area contributed by atoms with E-state index in [4.69, 9.17) is 9.90 Å². The van der Waals surface area contributed by atoms with Crippen LogP contribution in [0.5, 0.6) is 0 Å². The lowest BCUT2D eigenvalue weighted by molar-refractivity contribution is -0.192. The van der Waals surface area contributed by atoms with Crippen LogP contribution in [-0.2, 0) is 14.8 Å². The van der Waals surface area contributed by atoms with Gasteiger partial charge in [-0.15, -0.1) is 0 Å². The van der Waals surface area contributed by atoms with Gasteiger partial charge in [-0.2, -0.15) is 13.2 Å². The number of hydrogen-bond donors (Lipinski definition) is 3. The van der Waals surface area contributed by atoms with Crippen molar-refractivity contribution in [3.63, 3.8) is 0 Å². The highest BCUT2D eigenvalue weighted by Gasteiger charge is 2.38. The molecule has 1 aliphatic heterocycles. The van der Waals surface area contributed by atoms with Crippen molar-refractivity contribution in [3.8, 4) is 0 Å². The average Bonchev–Trinajstić information content (AvgIpc) is 2.89. The van der Waals surface area contributed by atoms with Crippen molar-refractivity contribution in [3.05, 3.63) is 78.0 Å². The number of alkyl halides is 3. The first-order chi connectivity index (χ1) is 18.3. The molecular weight excluding hydrogens is 541 g/mol. The van der Waals surface area contributed by atoms with Gasteiger partial charge < -0.3 is 20.0 Å². The smallest absolute Gasteiger partial charge is 0.478 e. The van der Waals surface area contributed by atoms with E-state index in [1.165, 1.54) is 18.2 Å². The van der Waals surface area contributed by atoms with Crippen LogP contribution < -0.4 is 14.5 Å². The van der Waals surface area contributed by atoms with E-state index in [2.05, 4.69) is 19.5 Å². The molecule has 1 aliphatic rings. The summed E-state index contributed by atoms with van der Waals surface area (Å²) >= 11 is 0. The number of carbonyl (C=O) groups is 2. The topological polar surface area (TPSA) is 140 Å². The van der Waals surface area contributed by atoms with E-state index >= 15 is 0 Å². The summed E-state index contributed by atoms with van der Waals surface area (Å²) in [6, 6.07) is 17.0. The molecular formula is C25H25F3N4O6S. The molecule has 1 saturated heterocycles. The van der Waals surface area contributed by atoms with Gasteiger partial charge in [0.05, 0.1) is 21.8 Å². The fourth-order valence-electron chi connectivity index (χ4n) is 3.80. The number of hydrogen-bond acceptors (Lipinski definition) is 7. The maximum atomic E-state index is 13.1. The Morgan fingerprint density at radius 3 is 2.05 bits per heavy atom. The number of nitrogens with zero attached hydrogens (tertiary/aromatic N) is 3. The summed E-state index contributed by atoms with van der Waals surface area (Å²) in [5, 5.41) is 16.6. The molecule has 4 rings (SSSR count). The van der Waals surface area contributed by atoms with Gasteiger partial charge in [-0.1, -0.05) is 24.3 Å². The SMILES string of the molecule is Cc1ccccc1S(=O)(=O)Nc1cc(C(=O)O)ccc1N1CCN(c2ccccn2)CC1.O=C(O)C(F)(F)F. The average molecular weight is 567 g/mol. The summed E-state index contributed by atoms with van der Waals surface area (Å²) in [6.07, 6.45) is -3.33. The normalized spacial score (nSPS) is 13.7. The van der Waals surface area contributed by atoms with Crippen molar-refractivity contribution >= 4 is 39.2 Å². The molecule has 0 spiro atoms. The minimum atomic E-state index is -5.08. The number of rotatable bonds is 6. The third-order valence-corrected chi connectivity index (χ3v) is 7.23. The standard InChI is InChI=1S/C23H24N4O4S.C2HF3O2/c1-17-6-2-3-7-21(17)32(30,31)25-19-16-18(23(28)29)9-10-20(19)26-12-14-27(15-13-26)22-8-4-5-11-24-22;3-2(4,5)1(6)7/h2-11,16,25H,12-15H2,1H3,(H,28,29);(H,6,7). The maximum absolute atomic E-state index is 13.1. The second-order valence-electron chi connectivity index (χ2n) is 8.37. The lowest BCUT2D eigenvalue weighted by atomic mass is 10.1. The number of anilines is 3. The van der Waals surface area contributed by atoms with Crippen LogP contribution in [0.4, 0.5) is 30.4 Å². The van der Waals surface area contributed by atoms with Crippen LogP contribution in [0.2, 0.25) is 0 Å². The van der Waals surface area contributed by atoms with Crippen molar-refractivity contribution in [1.82, 2.24) is 4.98 Å². The lowest BCUT2D eigenvalue weighted by Crippen LogP contribution is -2.47. The van der Waals surface area contributed by atoms with Crippen LogP contribution >= 0.6 is 0 Å². The third-order valence-electron chi connectivity index (χ3n) is 5.71. The van der Waals surface area contributed by atoms with Crippen LogP contribution in [0.1, 0.15) is 15.9 Å². The van der Waals surface area contributed by atoms with Crippen molar-refractivity contribution < 1.29 is 41.4 Å². The highest BCUT2D eigenvalue weighted by Crippen LogP contribution is 2.31. The molecule has 1 fully saturated rings. The molecule has 0 bridgehead atoms.